The number of halogens is 2. The molecule has 8 heteroatoms. The maximum absolute atomic E-state index is 11.2. The number of carbonyl (C=O) groups is 1. The highest BCUT2D eigenvalue weighted by Crippen LogP contribution is 2.40. The van der Waals surface area contributed by atoms with Crippen molar-refractivity contribution < 1.29 is 14.5 Å². The lowest BCUT2D eigenvalue weighted by atomic mass is 10.1. The number of rotatable bonds is 5. The molecule has 1 N–H and O–H groups in total. The molecule has 0 spiro atoms. The number of nitro groups is 1. The highest BCUT2D eigenvalue weighted by Gasteiger charge is 2.47. The van der Waals surface area contributed by atoms with Crippen molar-refractivity contribution in [2.45, 2.75) is 16.3 Å². The van der Waals surface area contributed by atoms with Crippen LogP contribution >= 0.6 is 31.9 Å². The lowest BCUT2D eigenvalue weighted by Gasteiger charge is -2.24. The van der Waals surface area contributed by atoms with Crippen LogP contribution in [0.5, 0.6) is 5.75 Å². The Morgan fingerprint density at radius 3 is 2.63 bits per heavy atom. The fraction of sp³-hybridized carbons (Fsp3) is 0.364. The lowest BCUT2D eigenvalue weighted by Crippen LogP contribution is -2.42. The summed E-state index contributed by atoms with van der Waals surface area (Å²) in [6.07, 6.45) is 0. The first-order chi connectivity index (χ1) is 8.78. The van der Waals surface area contributed by atoms with Crippen molar-refractivity contribution in [3.63, 3.8) is 0 Å². The minimum atomic E-state index is -1.70. The van der Waals surface area contributed by atoms with Crippen LogP contribution in [0.15, 0.2) is 24.3 Å². The Bertz CT molecular complexity index is 493. The molecule has 0 fully saturated rings. The molecule has 1 atom stereocenters. The zero-order valence-corrected chi connectivity index (χ0v) is 13.4. The first-order valence-corrected chi connectivity index (χ1v) is 6.81. The van der Waals surface area contributed by atoms with Gasteiger partial charge in [0.05, 0.1) is 12.0 Å². The molecular weight excluding hydrogens is 384 g/mol. The predicted molar refractivity (Wildman–Crippen MR) is 77.1 cm³/mol. The maximum atomic E-state index is 11.2. The Kier molecular flexibility index (Phi) is 5.30. The largest absolute Gasteiger partial charge is 0.497 e. The fourth-order valence-electron chi connectivity index (χ4n) is 1.50. The van der Waals surface area contributed by atoms with E-state index in [0.29, 0.717) is 11.3 Å². The van der Waals surface area contributed by atoms with Gasteiger partial charge in [0.2, 0.25) is 5.91 Å². The molecule has 1 amide bonds. The van der Waals surface area contributed by atoms with E-state index in [-0.39, 0.29) is 5.91 Å². The average molecular weight is 396 g/mol. The van der Waals surface area contributed by atoms with Gasteiger partial charge in [-0.3, -0.25) is 14.9 Å². The van der Waals surface area contributed by atoms with Crippen LogP contribution in [0.2, 0.25) is 0 Å². The zero-order chi connectivity index (χ0) is 14.6. The Hall–Kier alpha value is -1.15. The Morgan fingerprint density at radius 1 is 1.53 bits per heavy atom. The smallest absolute Gasteiger partial charge is 0.350 e. The van der Waals surface area contributed by atoms with E-state index in [1.807, 2.05) is 0 Å². The van der Waals surface area contributed by atoms with Gasteiger partial charge < -0.3 is 10.1 Å². The highest BCUT2D eigenvalue weighted by molar-refractivity contribution is 9.25. The molecule has 0 aromatic heterocycles. The van der Waals surface area contributed by atoms with Crippen LogP contribution in [0, 0.1) is 10.1 Å². The second kappa shape index (κ2) is 6.33. The van der Waals surface area contributed by atoms with Crippen LogP contribution < -0.4 is 10.1 Å². The van der Waals surface area contributed by atoms with Crippen molar-refractivity contribution in [3.05, 3.63) is 39.9 Å². The van der Waals surface area contributed by atoms with Gasteiger partial charge in [-0.2, -0.15) is 0 Å². The number of benzene rings is 1. The van der Waals surface area contributed by atoms with Gasteiger partial charge in [0.1, 0.15) is 11.8 Å². The molecule has 1 aromatic rings. The van der Waals surface area contributed by atoms with Crippen molar-refractivity contribution in [2.75, 3.05) is 7.11 Å². The average Bonchev–Trinajstić information content (AvgIpc) is 2.35. The van der Waals surface area contributed by atoms with Gasteiger partial charge in [0.15, 0.2) is 0 Å². The van der Waals surface area contributed by atoms with Crippen LogP contribution in [-0.2, 0) is 4.79 Å². The molecule has 0 bridgehead atoms. The molecule has 0 heterocycles. The number of methoxy groups -OCH3 is 1. The molecule has 0 saturated carbocycles. The quantitative estimate of drug-likeness (QED) is 0.359. The molecule has 104 valence electrons. The lowest BCUT2D eigenvalue weighted by molar-refractivity contribution is -0.509. The van der Waals surface area contributed by atoms with Crippen molar-refractivity contribution in [2.24, 2.45) is 0 Å². The van der Waals surface area contributed by atoms with Crippen LogP contribution in [0.25, 0.3) is 0 Å². The van der Waals surface area contributed by atoms with Crippen molar-refractivity contribution >= 4 is 37.8 Å². The molecule has 0 aliphatic carbocycles. The standard InChI is InChI=1S/C11H12Br2N2O4/c1-7(16)14-10(11(12,13)15(17)18)8-4-3-5-9(6-8)19-2/h3-6,10H,1-2H3,(H,14,16). The predicted octanol–water partition coefficient (Wildman–Crippen LogP) is 2.59. The van der Waals surface area contributed by atoms with Gasteiger partial charge in [-0.25, -0.2) is 0 Å². The van der Waals surface area contributed by atoms with Crippen molar-refractivity contribution in [1.29, 1.82) is 0 Å². The van der Waals surface area contributed by atoms with Crippen LogP contribution in [0.1, 0.15) is 18.5 Å². The van der Waals surface area contributed by atoms with Crippen molar-refractivity contribution in [3.8, 4) is 5.75 Å². The van der Waals surface area contributed by atoms with E-state index in [9.17, 15) is 14.9 Å². The van der Waals surface area contributed by atoms with E-state index >= 15 is 0 Å². The molecule has 1 aromatic carbocycles. The maximum Gasteiger partial charge on any atom is 0.350 e. The van der Waals surface area contributed by atoms with Gasteiger partial charge in [0, 0.05) is 38.8 Å². The second-order valence-corrected chi connectivity index (χ2v) is 7.24. The third-order valence-electron chi connectivity index (χ3n) is 2.37. The molecule has 19 heavy (non-hydrogen) atoms. The van der Waals surface area contributed by atoms with Crippen LogP contribution in [0.4, 0.5) is 0 Å². The summed E-state index contributed by atoms with van der Waals surface area (Å²) in [5.41, 5.74) is 0.542. The summed E-state index contributed by atoms with van der Waals surface area (Å²) >= 11 is 5.97. The summed E-state index contributed by atoms with van der Waals surface area (Å²) in [7, 11) is 1.50. The molecule has 1 rings (SSSR count). The third-order valence-corrected chi connectivity index (χ3v) is 3.86. The van der Waals surface area contributed by atoms with Gasteiger partial charge in [-0.1, -0.05) is 12.1 Å². The third kappa shape index (κ3) is 3.90. The number of hydrogen-bond donors (Lipinski definition) is 1. The molecule has 0 aliphatic heterocycles. The minimum Gasteiger partial charge on any atom is -0.497 e. The summed E-state index contributed by atoms with van der Waals surface area (Å²) in [6, 6.07) is 5.81. The monoisotopic (exact) mass is 394 g/mol. The van der Waals surface area contributed by atoms with E-state index in [1.165, 1.54) is 14.0 Å². The number of nitrogens with one attached hydrogen (secondary N) is 1. The van der Waals surface area contributed by atoms with E-state index < -0.39 is 14.3 Å². The van der Waals surface area contributed by atoms with Gasteiger partial charge in [0.25, 0.3) is 0 Å². The van der Waals surface area contributed by atoms with E-state index in [0.717, 1.165) is 0 Å². The number of ether oxygens (including phenoxy) is 1. The summed E-state index contributed by atoms with van der Waals surface area (Å²) in [4.78, 5) is 21.8. The Balaban J connectivity index is 3.23. The van der Waals surface area contributed by atoms with Crippen LogP contribution in [-0.4, -0.2) is 21.3 Å². The molecule has 0 saturated heterocycles. The minimum absolute atomic E-state index is 0.377. The van der Waals surface area contributed by atoms with Crippen LogP contribution in [0.3, 0.4) is 0 Å². The number of nitrogens with zero attached hydrogens (tertiary/aromatic N) is 1. The Morgan fingerprint density at radius 2 is 2.16 bits per heavy atom. The number of amides is 1. The van der Waals surface area contributed by atoms with E-state index in [4.69, 9.17) is 4.74 Å². The normalized spacial score (nSPS) is 12.6. The van der Waals surface area contributed by atoms with Gasteiger partial charge >= 0.3 is 3.36 Å². The Labute approximate surface area is 126 Å². The molecule has 1 unspecified atom stereocenters. The number of hydrogen-bond acceptors (Lipinski definition) is 4. The topological polar surface area (TPSA) is 81.5 Å². The molecular formula is C11H12Br2N2O4. The van der Waals surface area contributed by atoms with Crippen molar-refractivity contribution in [1.82, 2.24) is 5.32 Å². The van der Waals surface area contributed by atoms with Gasteiger partial charge in [-0.15, -0.1) is 0 Å². The first kappa shape index (κ1) is 15.9. The molecule has 0 radical (unpaired) electrons. The highest BCUT2D eigenvalue weighted by atomic mass is 79.9. The van der Waals surface area contributed by atoms with E-state index in [1.54, 1.807) is 24.3 Å². The zero-order valence-electron chi connectivity index (χ0n) is 10.2. The summed E-state index contributed by atoms with van der Waals surface area (Å²) in [6.45, 7) is 1.29. The van der Waals surface area contributed by atoms with Gasteiger partial charge in [-0.05, 0) is 17.7 Å². The second-order valence-electron chi connectivity index (χ2n) is 3.76. The number of carbonyl (C=O) groups excluding carboxylic acids is 1. The first-order valence-electron chi connectivity index (χ1n) is 5.22. The SMILES string of the molecule is COc1cccc(C(NC(C)=O)C(Br)(Br)[N+](=O)[O-])c1. The summed E-state index contributed by atoms with van der Waals surface area (Å²) < 4.78 is 3.37. The molecule has 6 nitrogen and oxygen atoms in total. The number of alkyl halides is 2. The molecule has 0 aliphatic rings. The summed E-state index contributed by atoms with van der Waals surface area (Å²) in [5, 5.41) is 13.6. The summed E-state index contributed by atoms with van der Waals surface area (Å²) in [5.74, 6) is 0.171. The van der Waals surface area contributed by atoms with E-state index in [2.05, 4.69) is 37.2 Å². The fourth-order valence-corrected chi connectivity index (χ4v) is 2.26.